The van der Waals surface area contributed by atoms with Gasteiger partial charge in [-0.2, -0.15) is 8.42 Å². The quantitative estimate of drug-likeness (QED) is 0.869. The first-order valence-corrected chi connectivity index (χ1v) is 10.4. The minimum atomic E-state index is -3.71. The van der Waals surface area contributed by atoms with E-state index in [0.29, 0.717) is 5.69 Å². The highest BCUT2D eigenvalue weighted by molar-refractivity contribution is 8.15. The van der Waals surface area contributed by atoms with E-state index in [1.165, 1.54) is 0 Å². The van der Waals surface area contributed by atoms with E-state index in [4.69, 9.17) is 0 Å². The van der Waals surface area contributed by atoms with Gasteiger partial charge in [0.15, 0.2) is 5.17 Å². The molecule has 1 atom stereocenters. The standard InChI is InChI=1S/C16H21N3O3S2/c1-11-6-7-14-13(9-11)17-16(18-24(14,21)22)23-10-15(20)19-8-4-3-5-12(19)2/h6-7,9,12H,3-5,8,10H2,1-2H3,(H,17,18)/t12-/m0/s1. The number of amides is 1. The molecule has 3 rings (SSSR count). The Morgan fingerprint density at radius 1 is 1.42 bits per heavy atom. The number of piperidine rings is 1. The molecule has 1 N–H and O–H groups in total. The second-order valence-electron chi connectivity index (χ2n) is 6.22. The van der Waals surface area contributed by atoms with Crippen LogP contribution in [0.5, 0.6) is 0 Å². The van der Waals surface area contributed by atoms with Crippen LogP contribution in [0.4, 0.5) is 5.69 Å². The van der Waals surface area contributed by atoms with Crippen LogP contribution in [0.3, 0.4) is 0 Å². The largest absolute Gasteiger partial charge is 0.339 e. The molecule has 0 unspecified atom stereocenters. The monoisotopic (exact) mass is 367 g/mol. The lowest BCUT2D eigenvalue weighted by Crippen LogP contribution is -2.43. The third kappa shape index (κ3) is 3.59. The molecule has 24 heavy (non-hydrogen) atoms. The number of rotatable bonds is 2. The minimum Gasteiger partial charge on any atom is -0.339 e. The van der Waals surface area contributed by atoms with E-state index in [-0.39, 0.29) is 27.8 Å². The van der Waals surface area contributed by atoms with Gasteiger partial charge >= 0.3 is 0 Å². The zero-order chi connectivity index (χ0) is 17.3. The topological polar surface area (TPSA) is 78.8 Å². The van der Waals surface area contributed by atoms with Crippen molar-refractivity contribution in [1.82, 2.24) is 4.90 Å². The molecule has 2 heterocycles. The Morgan fingerprint density at radius 3 is 2.96 bits per heavy atom. The molecule has 1 aromatic carbocycles. The van der Waals surface area contributed by atoms with Crippen LogP contribution in [0.15, 0.2) is 27.5 Å². The van der Waals surface area contributed by atoms with Gasteiger partial charge in [0, 0.05) is 12.6 Å². The number of fused-ring (bicyclic) bond motifs is 1. The Morgan fingerprint density at radius 2 is 2.21 bits per heavy atom. The molecule has 1 aromatic rings. The molecule has 0 spiro atoms. The van der Waals surface area contributed by atoms with Crippen LogP contribution in [-0.4, -0.2) is 42.7 Å². The van der Waals surface area contributed by atoms with Crippen LogP contribution < -0.4 is 5.32 Å². The summed E-state index contributed by atoms with van der Waals surface area (Å²) in [5, 5.41) is 3.28. The average Bonchev–Trinajstić information content (AvgIpc) is 2.52. The SMILES string of the molecule is Cc1ccc2c(c1)NC(SCC(=O)N1CCCC[C@@H]1C)=NS2(=O)=O. The van der Waals surface area contributed by atoms with E-state index in [1.54, 1.807) is 18.2 Å². The van der Waals surface area contributed by atoms with Crippen molar-refractivity contribution in [2.75, 3.05) is 17.6 Å². The van der Waals surface area contributed by atoms with Gasteiger partial charge in [0.2, 0.25) is 5.91 Å². The Kier molecular flexibility index (Phi) is 4.87. The number of aryl methyl sites for hydroxylation is 1. The van der Waals surface area contributed by atoms with Crippen molar-refractivity contribution < 1.29 is 13.2 Å². The summed E-state index contributed by atoms with van der Waals surface area (Å²) in [7, 11) is -3.71. The molecule has 1 amide bonds. The smallest absolute Gasteiger partial charge is 0.286 e. The van der Waals surface area contributed by atoms with Gasteiger partial charge < -0.3 is 10.2 Å². The number of benzene rings is 1. The van der Waals surface area contributed by atoms with Crippen LogP contribution in [-0.2, 0) is 14.8 Å². The fourth-order valence-corrected chi connectivity index (χ4v) is 5.11. The molecule has 1 saturated heterocycles. The van der Waals surface area contributed by atoms with Crippen molar-refractivity contribution in [1.29, 1.82) is 0 Å². The highest BCUT2D eigenvalue weighted by atomic mass is 32.2. The molecular formula is C16H21N3O3S2. The predicted octanol–water partition coefficient (Wildman–Crippen LogP) is 2.60. The maximum absolute atomic E-state index is 12.4. The molecular weight excluding hydrogens is 346 g/mol. The van der Waals surface area contributed by atoms with Gasteiger partial charge in [-0.1, -0.05) is 17.8 Å². The van der Waals surface area contributed by atoms with Gasteiger partial charge in [0.25, 0.3) is 10.0 Å². The maximum Gasteiger partial charge on any atom is 0.286 e. The first-order chi connectivity index (χ1) is 11.4. The second-order valence-corrected chi connectivity index (χ2v) is 8.75. The molecule has 2 aliphatic heterocycles. The summed E-state index contributed by atoms with van der Waals surface area (Å²) >= 11 is 1.14. The Balaban J connectivity index is 1.70. The summed E-state index contributed by atoms with van der Waals surface area (Å²) in [4.78, 5) is 14.4. The van der Waals surface area contributed by atoms with Crippen LogP contribution in [0.25, 0.3) is 0 Å². The third-order valence-electron chi connectivity index (χ3n) is 4.31. The van der Waals surface area contributed by atoms with Crippen molar-refractivity contribution >= 4 is 38.5 Å². The van der Waals surface area contributed by atoms with Crippen molar-refractivity contribution in [2.24, 2.45) is 4.40 Å². The van der Waals surface area contributed by atoms with Crippen molar-refractivity contribution in [2.45, 2.75) is 44.0 Å². The number of amidine groups is 1. The molecule has 6 nitrogen and oxygen atoms in total. The van der Waals surface area contributed by atoms with Crippen molar-refractivity contribution in [3.8, 4) is 0 Å². The molecule has 0 aliphatic carbocycles. The Bertz CT molecular complexity index is 790. The zero-order valence-corrected chi connectivity index (χ0v) is 15.4. The first kappa shape index (κ1) is 17.3. The van der Waals surface area contributed by atoms with E-state index < -0.39 is 10.0 Å². The molecule has 2 aliphatic rings. The molecule has 0 saturated carbocycles. The lowest BCUT2D eigenvalue weighted by Gasteiger charge is -2.33. The van der Waals surface area contributed by atoms with Gasteiger partial charge in [-0.25, -0.2) is 0 Å². The van der Waals surface area contributed by atoms with Gasteiger partial charge in [-0.15, -0.1) is 4.40 Å². The highest BCUT2D eigenvalue weighted by Gasteiger charge is 2.27. The number of thioether (sulfide) groups is 1. The Labute approximate surface area is 146 Å². The van der Waals surface area contributed by atoms with E-state index in [0.717, 1.165) is 43.1 Å². The first-order valence-electron chi connectivity index (χ1n) is 8.02. The molecule has 0 radical (unpaired) electrons. The number of carbonyl (C=O) groups is 1. The van der Waals surface area contributed by atoms with E-state index >= 15 is 0 Å². The Hall–Kier alpha value is -1.54. The minimum absolute atomic E-state index is 0.0316. The number of nitrogens with zero attached hydrogens (tertiary/aromatic N) is 2. The van der Waals surface area contributed by atoms with Crippen LogP contribution in [0, 0.1) is 6.92 Å². The lowest BCUT2D eigenvalue weighted by molar-refractivity contribution is -0.131. The zero-order valence-electron chi connectivity index (χ0n) is 13.8. The molecule has 1 fully saturated rings. The van der Waals surface area contributed by atoms with Gasteiger partial charge in [0.05, 0.1) is 11.4 Å². The fourth-order valence-electron chi connectivity index (χ4n) is 3.01. The van der Waals surface area contributed by atoms with Gasteiger partial charge in [0.1, 0.15) is 4.90 Å². The average molecular weight is 367 g/mol. The molecule has 130 valence electrons. The van der Waals surface area contributed by atoms with Gasteiger partial charge in [-0.3, -0.25) is 4.79 Å². The number of likely N-dealkylation sites (tertiary alicyclic amines) is 1. The summed E-state index contributed by atoms with van der Waals surface area (Å²) in [6, 6.07) is 5.32. The van der Waals surface area contributed by atoms with E-state index in [2.05, 4.69) is 16.6 Å². The number of anilines is 1. The molecule has 0 bridgehead atoms. The van der Waals surface area contributed by atoms with E-state index in [9.17, 15) is 13.2 Å². The number of carbonyl (C=O) groups excluding carboxylic acids is 1. The van der Waals surface area contributed by atoms with Crippen LogP contribution in [0.1, 0.15) is 31.7 Å². The number of hydrogen-bond acceptors (Lipinski definition) is 5. The van der Waals surface area contributed by atoms with Crippen molar-refractivity contribution in [3.05, 3.63) is 23.8 Å². The summed E-state index contributed by atoms with van der Waals surface area (Å²) in [6.45, 7) is 4.73. The number of sulfonamides is 1. The fraction of sp³-hybridized carbons (Fsp3) is 0.500. The summed E-state index contributed by atoms with van der Waals surface area (Å²) in [5.41, 5.74) is 1.48. The maximum atomic E-state index is 12.4. The molecule has 8 heteroatoms. The van der Waals surface area contributed by atoms with Crippen LogP contribution in [0.2, 0.25) is 0 Å². The van der Waals surface area contributed by atoms with Crippen LogP contribution >= 0.6 is 11.8 Å². The normalized spacial score (nSPS) is 22.3. The highest BCUT2D eigenvalue weighted by Crippen LogP contribution is 2.30. The third-order valence-corrected chi connectivity index (χ3v) is 6.62. The number of nitrogens with one attached hydrogen (secondary N) is 1. The van der Waals surface area contributed by atoms with Crippen molar-refractivity contribution in [3.63, 3.8) is 0 Å². The van der Waals surface area contributed by atoms with Gasteiger partial charge in [-0.05, 0) is 50.8 Å². The summed E-state index contributed by atoms with van der Waals surface area (Å²) < 4.78 is 28.3. The summed E-state index contributed by atoms with van der Waals surface area (Å²) in [6.07, 6.45) is 3.21. The summed E-state index contributed by atoms with van der Waals surface area (Å²) in [5.74, 6) is 0.219. The number of hydrogen-bond donors (Lipinski definition) is 1. The van der Waals surface area contributed by atoms with E-state index in [1.807, 2.05) is 11.8 Å². The molecule has 0 aromatic heterocycles. The second kappa shape index (κ2) is 6.76. The predicted molar refractivity (Wildman–Crippen MR) is 96.9 cm³/mol. The lowest BCUT2D eigenvalue weighted by atomic mass is 10.0.